The highest BCUT2D eigenvalue weighted by Crippen LogP contribution is 2.22. The third kappa shape index (κ3) is 6.26. The molecule has 2 N–H and O–H groups in total. The van der Waals surface area contributed by atoms with Crippen molar-refractivity contribution in [3.05, 3.63) is 64.0 Å². The Morgan fingerprint density at radius 1 is 1.16 bits per heavy atom. The molecular weight excluding hydrogens is 416 g/mol. The second-order valence-electron chi connectivity index (χ2n) is 7.10. The van der Waals surface area contributed by atoms with Crippen molar-refractivity contribution in [2.75, 3.05) is 11.9 Å². The van der Waals surface area contributed by atoms with Crippen LogP contribution >= 0.6 is 11.3 Å². The third-order valence-corrected chi connectivity index (χ3v) is 5.36. The number of anilines is 1. The van der Waals surface area contributed by atoms with Gasteiger partial charge in [-0.2, -0.15) is 5.10 Å². The molecule has 0 aliphatic rings. The fraction of sp³-hybridized carbons (Fsp3) is 0.273. The Morgan fingerprint density at radius 3 is 2.55 bits per heavy atom. The van der Waals surface area contributed by atoms with E-state index >= 15 is 0 Å². The molecule has 0 saturated heterocycles. The van der Waals surface area contributed by atoms with E-state index in [1.807, 2.05) is 55.6 Å². The molecule has 1 aromatic carbocycles. The topological polar surface area (TPSA) is 102 Å². The zero-order chi connectivity index (χ0) is 22.4. The number of thiophene rings is 1. The van der Waals surface area contributed by atoms with Crippen molar-refractivity contribution in [1.82, 2.24) is 15.1 Å². The summed E-state index contributed by atoms with van der Waals surface area (Å²) in [5, 5.41) is 11.7. The van der Waals surface area contributed by atoms with E-state index in [4.69, 9.17) is 4.74 Å². The van der Waals surface area contributed by atoms with E-state index in [1.54, 1.807) is 10.7 Å². The Labute approximate surface area is 184 Å². The largest absolute Gasteiger partial charge is 0.455 e. The first-order valence-corrected chi connectivity index (χ1v) is 10.6. The maximum absolute atomic E-state index is 12.4. The Bertz CT molecular complexity index is 1060. The predicted molar refractivity (Wildman–Crippen MR) is 118 cm³/mol. The second-order valence-corrected chi connectivity index (χ2v) is 8.08. The molecule has 0 aliphatic heterocycles. The van der Waals surface area contributed by atoms with Gasteiger partial charge in [0, 0.05) is 17.9 Å². The fourth-order valence-corrected chi connectivity index (χ4v) is 3.76. The monoisotopic (exact) mass is 440 g/mol. The normalized spacial score (nSPS) is 11.6. The van der Waals surface area contributed by atoms with E-state index in [1.165, 1.54) is 18.3 Å². The molecule has 9 heteroatoms. The van der Waals surface area contributed by atoms with Crippen LogP contribution in [0.4, 0.5) is 5.82 Å². The van der Waals surface area contributed by atoms with Crippen LogP contribution in [0.5, 0.6) is 0 Å². The number of aryl methyl sites for hydroxylation is 2. The molecule has 8 nitrogen and oxygen atoms in total. The summed E-state index contributed by atoms with van der Waals surface area (Å²) in [6.45, 7) is 4.77. The quantitative estimate of drug-likeness (QED) is 0.523. The summed E-state index contributed by atoms with van der Waals surface area (Å²) in [4.78, 5) is 36.9. The van der Waals surface area contributed by atoms with Crippen molar-refractivity contribution in [2.45, 2.75) is 33.2 Å². The first kappa shape index (κ1) is 22.2. The van der Waals surface area contributed by atoms with Gasteiger partial charge in [-0.1, -0.05) is 23.8 Å². The van der Waals surface area contributed by atoms with Crippen molar-refractivity contribution >= 4 is 34.9 Å². The fourth-order valence-electron chi connectivity index (χ4n) is 2.98. The number of amides is 2. The molecule has 162 valence electrons. The Balaban J connectivity index is 1.58. The maximum atomic E-state index is 12.4. The van der Waals surface area contributed by atoms with Gasteiger partial charge in [-0.15, -0.1) is 11.3 Å². The van der Waals surface area contributed by atoms with Crippen molar-refractivity contribution in [1.29, 1.82) is 0 Å². The van der Waals surface area contributed by atoms with Crippen LogP contribution in [-0.2, 0) is 19.1 Å². The smallest absolute Gasteiger partial charge is 0.308 e. The molecule has 3 aromatic rings. The summed E-state index contributed by atoms with van der Waals surface area (Å²) in [6.07, 6.45) is -0.0617. The highest BCUT2D eigenvalue weighted by Gasteiger charge is 2.20. The van der Waals surface area contributed by atoms with Crippen LogP contribution < -0.4 is 10.6 Å². The SMILES string of the molecule is CC(=O)NC(CC(=O)OCC(=O)Nc1cc(C)nn1-c1ccc(C)cc1)c1cccs1. The minimum Gasteiger partial charge on any atom is -0.455 e. The molecule has 1 atom stereocenters. The molecule has 0 saturated carbocycles. The van der Waals surface area contributed by atoms with Crippen molar-refractivity contribution in [3.8, 4) is 5.69 Å². The number of ether oxygens (including phenoxy) is 1. The predicted octanol–water partition coefficient (Wildman–Crippen LogP) is 3.30. The van der Waals surface area contributed by atoms with Crippen LogP contribution in [-0.4, -0.2) is 34.2 Å². The number of nitrogens with zero attached hydrogens (tertiary/aromatic N) is 2. The minimum atomic E-state index is -0.578. The maximum Gasteiger partial charge on any atom is 0.308 e. The Morgan fingerprint density at radius 2 is 1.90 bits per heavy atom. The van der Waals surface area contributed by atoms with Crippen molar-refractivity contribution in [3.63, 3.8) is 0 Å². The number of nitrogens with one attached hydrogen (secondary N) is 2. The molecule has 1 unspecified atom stereocenters. The number of hydrogen-bond donors (Lipinski definition) is 2. The van der Waals surface area contributed by atoms with Gasteiger partial charge in [-0.05, 0) is 37.4 Å². The van der Waals surface area contributed by atoms with Crippen molar-refractivity contribution < 1.29 is 19.1 Å². The van der Waals surface area contributed by atoms with Gasteiger partial charge in [0.15, 0.2) is 6.61 Å². The lowest BCUT2D eigenvalue weighted by Gasteiger charge is -2.15. The standard InChI is InChI=1S/C22H24N4O4S/c1-14-6-8-17(9-7-14)26-20(11-15(2)25-26)24-21(28)13-30-22(29)12-18(23-16(3)27)19-5-4-10-31-19/h4-11,18H,12-13H2,1-3H3,(H,23,27)(H,24,28). The molecule has 2 aromatic heterocycles. The molecule has 0 fully saturated rings. The van der Waals surface area contributed by atoms with Crippen LogP contribution in [0.25, 0.3) is 5.69 Å². The number of esters is 1. The van der Waals surface area contributed by atoms with E-state index in [0.29, 0.717) is 5.82 Å². The summed E-state index contributed by atoms with van der Waals surface area (Å²) in [7, 11) is 0. The molecule has 2 heterocycles. The molecule has 0 spiro atoms. The number of aromatic nitrogens is 2. The average Bonchev–Trinajstić information content (AvgIpc) is 3.36. The number of carbonyl (C=O) groups is 3. The Kier molecular flexibility index (Phi) is 7.19. The van der Waals surface area contributed by atoms with E-state index in [0.717, 1.165) is 21.8 Å². The summed E-state index contributed by atoms with van der Waals surface area (Å²) in [6, 6.07) is 12.7. The van der Waals surface area contributed by atoms with Gasteiger partial charge in [-0.3, -0.25) is 14.4 Å². The van der Waals surface area contributed by atoms with Crippen LogP contribution in [0.2, 0.25) is 0 Å². The van der Waals surface area contributed by atoms with Crippen LogP contribution in [0.15, 0.2) is 47.8 Å². The van der Waals surface area contributed by atoms with Crippen molar-refractivity contribution in [2.24, 2.45) is 0 Å². The molecule has 3 rings (SSSR count). The number of rotatable bonds is 8. The van der Waals surface area contributed by atoms with Gasteiger partial charge in [0.25, 0.3) is 5.91 Å². The summed E-state index contributed by atoms with van der Waals surface area (Å²) in [5.41, 5.74) is 2.66. The van der Waals surface area contributed by atoms with Gasteiger partial charge in [0.2, 0.25) is 5.91 Å². The van der Waals surface area contributed by atoms with E-state index in [9.17, 15) is 14.4 Å². The zero-order valence-electron chi connectivity index (χ0n) is 17.5. The molecule has 0 bridgehead atoms. The number of hydrogen-bond acceptors (Lipinski definition) is 6. The van der Waals surface area contributed by atoms with Crippen LogP contribution in [0, 0.1) is 13.8 Å². The zero-order valence-corrected chi connectivity index (χ0v) is 18.4. The molecule has 31 heavy (non-hydrogen) atoms. The minimum absolute atomic E-state index is 0.0617. The van der Waals surface area contributed by atoms with Gasteiger partial charge in [0.05, 0.1) is 23.8 Å². The van der Waals surface area contributed by atoms with E-state index in [2.05, 4.69) is 15.7 Å². The first-order chi connectivity index (χ1) is 14.8. The van der Waals surface area contributed by atoms with Crippen LogP contribution in [0.3, 0.4) is 0 Å². The van der Waals surface area contributed by atoms with E-state index < -0.39 is 24.5 Å². The lowest BCUT2D eigenvalue weighted by molar-refractivity contribution is -0.147. The highest BCUT2D eigenvalue weighted by molar-refractivity contribution is 7.10. The van der Waals surface area contributed by atoms with Gasteiger partial charge < -0.3 is 15.4 Å². The molecule has 2 amide bonds. The molecule has 0 aliphatic carbocycles. The summed E-state index contributed by atoms with van der Waals surface area (Å²) in [5.74, 6) is -0.819. The summed E-state index contributed by atoms with van der Waals surface area (Å²) >= 11 is 1.43. The third-order valence-electron chi connectivity index (χ3n) is 4.38. The second kappa shape index (κ2) is 10.0. The molecular formula is C22H24N4O4S. The van der Waals surface area contributed by atoms with Gasteiger partial charge in [0.1, 0.15) is 5.82 Å². The number of carbonyl (C=O) groups excluding carboxylic acids is 3. The highest BCUT2D eigenvalue weighted by atomic mass is 32.1. The van der Waals surface area contributed by atoms with E-state index in [-0.39, 0.29) is 12.3 Å². The first-order valence-electron chi connectivity index (χ1n) is 9.71. The molecule has 0 radical (unpaired) electrons. The lowest BCUT2D eigenvalue weighted by atomic mass is 10.1. The van der Waals surface area contributed by atoms with Crippen LogP contribution in [0.1, 0.15) is 35.5 Å². The lowest BCUT2D eigenvalue weighted by Crippen LogP contribution is -2.29. The average molecular weight is 441 g/mol. The number of benzene rings is 1. The van der Waals surface area contributed by atoms with Gasteiger partial charge in [-0.25, -0.2) is 4.68 Å². The summed E-state index contributed by atoms with van der Waals surface area (Å²) < 4.78 is 6.75. The van der Waals surface area contributed by atoms with Gasteiger partial charge >= 0.3 is 5.97 Å². The Hall–Kier alpha value is -3.46.